The van der Waals surface area contributed by atoms with Gasteiger partial charge in [-0.2, -0.15) is 5.10 Å². The molecule has 2 heterocycles. The fraction of sp³-hybridized carbons (Fsp3) is 0.269. The van der Waals surface area contributed by atoms with Gasteiger partial charge in [0.15, 0.2) is 11.5 Å². The summed E-state index contributed by atoms with van der Waals surface area (Å²) in [6.07, 6.45) is 1.92. The van der Waals surface area contributed by atoms with E-state index in [4.69, 9.17) is 14.6 Å². The minimum Gasteiger partial charge on any atom is -0.486 e. The molecule has 0 saturated carbocycles. The smallest absolute Gasteiger partial charge is 0.162 e. The van der Waals surface area contributed by atoms with E-state index in [2.05, 4.69) is 58.4 Å². The van der Waals surface area contributed by atoms with Gasteiger partial charge >= 0.3 is 0 Å². The van der Waals surface area contributed by atoms with Crippen LogP contribution in [0.25, 0.3) is 11.1 Å². The Bertz CT molecular complexity index is 1090. The van der Waals surface area contributed by atoms with Crippen molar-refractivity contribution in [3.63, 3.8) is 0 Å². The summed E-state index contributed by atoms with van der Waals surface area (Å²) in [5.41, 5.74) is 6.64. The summed E-state index contributed by atoms with van der Waals surface area (Å²) in [6, 6.07) is 24.0. The van der Waals surface area contributed by atoms with E-state index >= 15 is 0 Å². The summed E-state index contributed by atoms with van der Waals surface area (Å²) >= 11 is 0. The molecule has 31 heavy (non-hydrogen) atoms. The van der Waals surface area contributed by atoms with Crippen molar-refractivity contribution < 1.29 is 9.47 Å². The van der Waals surface area contributed by atoms with Crippen LogP contribution in [-0.4, -0.2) is 55.5 Å². The maximum absolute atomic E-state index is 5.68. The Morgan fingerprint density at radius 1 is 0.742 bits per heavy atom. The summed E-state index contributed by atoms with van der Waals surface area (Å²) in [5, 5.41) is 6.90. The van der Waals surface area contributed by atoms with Gasteiger partial charge in [0, 0.05) is 26.2 Å². The first-order valence-corrected chi connectivity index (χ1v) is 11.0. The molecule has 3 aromatic rings. The van der Waals surface area contributed by atoms with Crippen LogP contribution in [0.1, 0.15) is 22.7 Å². The third-order valence-electron chi connectivity index (χ3n) is 6.39. The first kappa shape index (κ1) is 18.5. The fourth-order valence-corrected chi connectivity index (χ4v) is 4.90. The summed E-state index contributed by atoms with van der Waals surface area (Å²) in [7, 11) is 0. The fourth-order valence-electron chi connectivity index (χ4n) is 4.90. The van der Waals surface area contributed by atoms with E-state index in [1.807, 2.05) is 24.4 Å². The number of hydrogen-bond acceptors (Lipinski definition) is 5. The number of ether oxygens (including phenoxy) is 2. The molecule has 1 saturated heterocycles. The Morgan fingerprint density at radius 2 is 1.39 bits per heavy atom. The average Bonchev–Trinajstić information content (AvgIpc) is 3.17. The van der Waals surface area contributed by atoms with Crippen LogP contribution in [0.4, 0.5) is 0 Å². The van der Waals surface area contributed by atoms with E-state index in [-0.39, 0.29) is 0 Å². The van der Waals surface area contributed by atoms with Crippen molar-refractivity contribution in [2.75, 3.05) is 39.4 Å². The van der Waals surface area contributed by atoms with Gasteiger partial charge in [-0.3, -0.25) is 9.91 Å². The van der Waals surface area contributed by atoms with E-state index in [1.165, 1.54) is 22.3 Å². The lowest BCUT2D eigenvalue weighted by Crippen LogP contribution is -2.45. The molecule has 1 aliphatic carbocycles. The highest BCUT2D eigenvalue weighted by Crippen LogP contribution is 2.46. The zero-order chi connectivity index (χ0) is 20.6. The van der Waals surface area contributed by atoms with Crippen LogP contribution in [-0.2, 0) is 0 Å². The highest BCUT2D eigenvalue weighted by Gasteiger charge is 2.33. The summed E-state index contributed by atoms with van der Waals surface area (Å²) in [4.78, 5) is 2.60. The highest BCUT2D eigenvalue weighted by molar-refractivity contribution is 5.81. The second-order valence-electron chi connectivity index (χ2n) is 8.21. The van der Waals surface area contributed by atoms with Crippen molar-refractivity contribution in [1.29, 1.82) is 0 Å². The quantitative estimate of drug-likeness (QED) is 0.606. The Hall–Kier alpha value is -3.31. The molecule has 0 radical (unpaired) electrons. The maximum Gasteiger partial charge on any atom is 0.162 e. The van der Waals surface area contributed by atoms with E-state index in [0.29, 0.717) is 19.3 Å². The Labute approximate surface area is 182 Å². The lowest BCUT2D eigenvalue weighted by atomic mass is 10.0. The zero-order valence-corrected chi connectivity index (χ0v) is 17.4. The van der Waals surface area contributed by atoms with Gasteiger partial charge in [-0.25, -0.2) is 0 Å². The predicted octanol–water partition coefficient (Wildman–Crippen LogP) is 4.18. The van der Waals surface area contributed by atoms with Crippen molar-refractivity contribution in [1.82, 2.24) is 9.91 Å². The molecule has 156 valence electrons. The van der Waals surface area contributed by atoms with Crippen molar-refractivity contribution in [2.24, 2.45) is 5.10 Å². The Kier molecular flexibility index (Phi) is 4.61. The van der Waals surface area contributed by atoms with E-state index < -0.39 is 0 Å². The van der Waals surface area contributed by atoms with Gasteiger partial charge < -0.3 is 9.47 Å². The average molecular weight is 412 g/mol. The Morgan fingerprint density at radius 3 is 2.10 bits per heavy atom. The summed E-state index contributed by atoms with van der Waals surface area (Å²) in [5.74, 6) is 1.62. The molecule has 5 nitrogen and oxygen atoms in total. The number of nitrogens with zero attached hydrogens (tertiary/aromatic N) is 3. The predicted molar refractivity (Wildman–Crippen MR) is 122 cm³/mol. The van der Waals surface area contributed by atoms with Gasteiger partial charge in [-0.1, -0.05) is 48.5 Å². The van der Waals surface area contributed by atoms with Gasteiger partial charge in [0.2, 0.25) is 0 Å². The van der Waals surface area contributed by atoms with E-state index in [1.54, 1.807) is 0 Å². The van der Waals surface area contributed by atoms with E-state index in [0.717, 1.165) is 43.2 Å². The molecule has 3 aliphatic rings. The molecule has 2 aliphatic heterocycles. The molecule has 0 atom stereocenters. The van der Waals surface area contributed by atoms with Crippen LogP contribution in [0, 0.1) is 0 Å². The second-order valence-corrected chi connectivity index (χ2v) is 8.21. The van der Waals surface area contributed by atoms with Crippen LogP contribution in [0.15, 0.2) is 71.8 Å². The maximum atomic E-state index is 5.68. The molecular formula is C26H25N3O2. The molecule has 0 amide bonds. The zero-order valence-electron chi connectivity index (χ0n) is 17.4. The summed E-state index contributed by atoms with van der Waals surface area (Å²) < 4.78 is 11.3. The van der Waals surface area contributed by atoms with E-state index in [9.17, 15) is 0 Å². The molecule has 0 bridgehead atoms. The lowest BCUT2D eigenvalue weighted by molar-refractivity contribution is 0.114. The number of hydrazone groups is 1. The molecule has 3 aromatic carbocycles. The minimum atomic E-state index is 0.344. The number of benzene rings is 3. The molecule has 1 fully saturated rings. The molecular weight excluding hydrogens is 386 g/mol. The third-order valence-corrected chi connectivity index (χ3v) is 6.39. The van der Waals surface area contributed by atoms with Crippen molar-refractivity contribution in [3.8, 4) is 22.6 Å². The number of piperazine rings is 1. The van der Waals surface area contributed by atoms with Crippen LogP contribution >= 0.6 is 0 Å². The Balaban J connectivity index is 1.16. The topological polar surface area (TPSA) is 37.3 Å². The first-order chi connectivity index (χ1) is 15.4. The normalized spacial score (nSPS) is 18.3. The number of hydrogen-bond donors (Lipinski definition) is 0. The third kappa shape index (κ3) is 3.35. The van der Waals surface area contributed by atoms with Crippen LogP contribution in [0.2, 0.25) is 0 Å². The molecule has 5 heteroatoms. The van der Waals surface area contributed by atoms with Crippen LogP contribution in [0.3, 0.4) is 0 Å². The largest absolute Gasteiger partial charge is 0.486 e. The molecule has 6 rings (SSSR count). The van der Waals surface area contributed by atoms with Gasteiger partial charge in [-0.15, -0.1) is 0 Å². The molecule has 0 aromatic heterocycles. The SMILES string of the molecule is C(=NN1CCN(C2c3ccccc3-c3ccccc32)CC1)c1ccc2c(c1)OCCO2. The van der Waals surface area contributed by atoms with Gasteiger partial charge in [0.05, 0.1) is 12.3 Å². The molecule has 0 N–H and O–H groups in total. The first-order valence-electron chi connectivity index (χ1n) is 11.0. The van der Waals surface area contributed by atoms with Gasteiger partial charge in [-0.05, 0) is 46.0 Å². The lowest BCUT2D eigenvalue weighted by Gasteiger charge is -2.37. The minimum absolute atomic E-state index is 0.344. The number of rotatable bonds is 3. The highest BCUT2D eigenvalue weighted by atomic mass is 16.6. The second kappa shape index (κ2) is 7.75. The standard InChI is InChI=1S/C26H25N3O2/c1-3-7-22-20(5-1)21-6-2-4-8-23(21)26(22)28-11-13-29(14-12-28)27-18-19-9-10-24-25(17-19)31-16-15-30-24/h1-10,17-18,26H,11-16H2. The molecule has 0 spiro atoms. The van der Waals surface area contributed by atoms with Gasteiger partial charge in [0.25, 0.3) is 0 Å². The van der Waals surface area contributed by atoms with Gasteiger partial charge in [0.1, 0.15) is 13.2 Å². The van der Waals surface area contributed by atoms with Crippen molar-refractivity contribution in [3.05, 3.63) is 83.4 Å². The van der Waals surface area contributed by atoms with Crippen molar-refractivity contribution >= 4 is 6.21 Å². The summed E-state index contributed by atoms with van der Waals surface area (Å²) in [6.45, 7) is 5.03. The molecule has 0 unspecified atom stereocenters. The number of fused-ring (bicyclic) bond motifs is 4. The van der Waals surface area contributed by atoms with Crippen LogP contribution < -0.4 is 9.47 Å². The monoisotopic (exact) mass is 411 g/mol. The van der Waals surface area contributed by atoms with Crippen LogP contribution in [0.5, 0.6) is 11.5 Å². The van der Waals surface area contributed by atoms with Crippen molar-refractivity contribution in [2.45, 2.75) is 6.04 Å².